The van der Waals surface area contributed by atoms with Crippen LogP contribution in [0.2, 0.25) is 0 Å². The molecule has 5 atom stereocenters. The third-order valence-corrected chi connectivity index (χ3v) is 5.93. The maximum absolute atomic E-state index is 12.2. The van der Waals surface area contributed by atoms with Crippen LogP contribution in [0.1, 0.15) is 39.5 Å². The summed E-state index contributed by atoms with van der Waals surface area (Å²) in [6, 6.07) is 0. The predicted octanol–water partition coefficient (Wildman–Crippen LogP) is 2.55. The van der Waals surface area contributed by atoms with E-state index in [2.05, 4.69) is 18.7 Å². The van der Waals surface area contributed by atoms with Gasteiger partial charge in [0.15, 0.2) is 0 Å². The number of hydrogen-bond donors (Lipinski definition) is 0. The monoisotopic (exact) mass is 265 g/mol. The van der Waals surface area contributed by atoms with Crippen LogP contribution in [0.4, 0.5) is 0 Å². The molecule has 19 heavy (non-hydrogen) atoms. The lowest BCUT2D eigenvalue weighted by Gasteiger charge is -2.31. The van der Waals surface area contributed by atoms with Crippen LogP contribution in [0.25, 0.3) is 0 Å². The molecule has 3 aliphatic rings. The predicted molar refractivity (Wildman–Crippen MR) is 74.6 cm³/mol. The quantitative estimate of drug-likeness (QED) is 0.735. The molecule has 1 aliphatic heterocycles. The van der Waals surface area contributed by atoms with Gasteiger partial charge in [0.25, 0.3) is 0 Å². The minimum absolute atomic E-state index is 0.0427. The normalized spacial score (nSPS) is 44.1. The lowest BCUT2D eigenvalue weighted by molar-refractivity contribution is -0.147. The molecule has 3 heteroatoms. The summed E-state index contributed by atoms with van der Waals surface area (Å²) < 4.78 is 5.85. The van der Waals surface area contributed by atoms with Gasteiger partial charge in [0, 0.05) is 18.4 Å². The summed E-state index contributed by atoms with van der Waals surface area (Å²) in [6.07, 6.45) is 5.58. The van der Waals surface area contributed by atoms with Crippen molar-refractivity contribution >= 4 is 5.97 Å². The number of hydrogen-bond acceptors (Lipinski definition) is 3. The summed E-state index contributed by atoms with van der Waals surface area (Å²) in [5, 5.41) is 0. The van der Waals surface area contributed by atoms with Crippen molar-refractivity contribution in [2.24, 2.45) is 29.1 Å². The zero-order valence-electron chi connectivity index (χ0n) is 12.7. The Hall–Kier alpha value is -0.570. The first-order valence-corrected chi connectivity index (χ1v) is 7.80. The number of nitrogens with zero attached hydrogens (tertiary/aromatic N) is 1. The minimum Gasteiger partial charge on any atom is -0.461 e. The van der Waals surface area contributed by atoms with Crippen molar-refractivity contribution in [1.82, 2.24) is 4.90 Å². The topological polar surface area (TPSA) is 29.5 Å². The second-order valence-corrected chi connectivity index (χ2v) is 7.53. The van der Waals surface area contributed by atoms with Crippen molar-refractivity contribution in [3.8, 4) is 0 Å². The van der Waals surface area contributed by atoms with Gasteiger partial charge in [-0.25, -0.2) is 0 Å². The van der Waals surface area contributed by atoms with Crippen LogP contribution in [0.15, 0.2) is 0 Å². The van der Waals surface area contributed by atoms with Gasteiger partial charge in [0.1, 0.15) is 6.10 Å². The molecule has 0 amide bonds. The number of rotatable bonds is 3. The molecule has 1 saturated heterocycles. The van der Waals surface area contributed by atoms with Crippen molar-refractivity contribution in [1.29, 1.82) is 0 Å². The average molecular weight is 265 g/mol. The second-order valence-electron chi connectivity index (χ2n) is 7.53. The molecule has 2 saturated carbocycles. The fourth-order valence-electron chi connectivity index (χ4n) is 4.69. The number of esters is 1. The molecule has 0 aromatic carbocycles. The van der Waals surface area contributed by atoms with Gasteiger partial charge >= 0.3 is 5.97 Å². The first kappa shape index (κ1) is 13.4. The van der Waals surface area contributed by atoms with Gasteiger partial charge in [-0.3, -0.25) is 4.79 Å². The third-order valence-electron chi connectivity index (χ3n) is 5.93. The number of cyclic esters (lactones) is 1. The Bertz CT molecular complexity index is 375. The molecule has 3 rings (SSSR count). The van der Waals surface area contributed by atoms with Crippen LogP contribution in [0.3, 0.4) is 0 Å². The van der Waals surface area contributed by atoms with Gasteiger partial charge in [-0.05, 0) is 51.1 Å². The number of ether oxygens (including phenoxy) is 1. The van der Waals surface area contributed by atoms with Gasteiger partial charge in [-0.15, -0.1) is 0 Å². The maximum Gasteiger partial charge on any atom is 0.310 e. The van der Waals surface area contributed by atoms with Crippen LogP contribution >= 0.6 is 0 Å². The summed E-state index contributed by atoms with van der Waals surface area (Å²) >= 11 is 0. The molecule has 1 spiro atoms. The first-order chi connectivity index (χ1) is 8.94. The second kappa shape index (κ2) is 4.47. The Morgan fingerprint density at radius 2 is 1.95 bits per heavy atom. The summed E-state index contributed by atoms with van der Waals surface area (Å²) in [4.78, 5) is 14.3. The molecule has 1 heterocycles. The van der Waals surface area contributed by atoms with E-state index in [-0.39, 0.29) is 18.0 Å². The lowest BCUT2D eigenvalue weighted by Crippen LogP contribution is -2.35. The molecular formula is C16H27NO2. The van der Waals surface area contributed by atoms with Crippen LogP contribution in [0, 0.1) is 29.1 Å². The van der Waals surface area contributed by atoms with Crippen molar-refractivity contribution in [3.05, 3.63) is 0 Å². The van der Waals surface area contributed by atoms with E-state index < -0.39 is 0 Å². The van der Waals surface area contributed by atoms with Crippen molar-refractivity contribution in [3.63, 3.8) is 0 Å². The standard InChI is InChI=1S/C16H27NO2/c1-10-5-6-16(7-8-16)13(10)14-11(2)12(9-17(3)4)15(18)19-14/h10-14H,5-9H2,1-4H3. The number of carbonyl (C=O) groups is 1. The van der Waals surface area contributed by atoms with Gasteiger partial charge in [0.05, 0.1) is 5.92 Å². The molecule has 0 aromatic heterocycles. The highest BCUT2D eigenvalue weighted by Crippen LogP contribution is 2.65. The molecule has 5 unspecified atom stereocenters. The summed E-state index contributed by atoms with van der Waals surface area (Å²) in [5.41, 5.74) is 0.547. The van der Waals surface area contributed by atoms with E-state index in [0.29, 0.717) is 17.3 Å². The summed E-state index contributed by atoms with van der Waals surface area (Å²) in [5.74, 6) is 1.84. The lowest BCUT2D eigenvalue weighted by atomic mass is 9.76. The van der Waals surface area contributed by atoms with Crippen LogP contribution in [-0.4, -0.2) is 37.6 Å². The fourth-order valence-corrected chi connectivity index (χ4v) is 4.69. The highest BCUT2D eigenvalue weighted by Gasteiger charge is 2.61. The van der Waals surface area contributed by atoms with E-state index in [4.69, 9.17) is 4.74 Å². The third kappa shape index (κ3) is 2.10. The van der Waals surface area contributed by atoms with Gasteiger partial charge in [0.2, 0.25) is 0 Å². The highest BCUT2D eigenvalue weighted by molar-refractivity contribution is 5.75. The molecule has 0 radical (unpaired) electrons. The van der Waals surface area contributed by atoms with Crippen LogP contribution in [-0.2, 0) is 9.53 Å². The fraction of sp³-hybridized carbons (Fsp3) is 0.938. The van der Waals surface area contributed by atoms with Gasteiger partial charge < -0.3 is 9.64 Å². The minimum atomic E-state index is 0.0427. The smallest absolute Gasteiger partial charge is 0.310 e. The van der Waals surface area contributed by atoms with E-state index in [1.165, 1.54) is 25.7 Å². The Morgan fingerprint density at radius 1 is 1.26 bits per heavy atom. The molecule has 0 aromatic rings. The van der Waals surface area contributed by atoms with Gasteiger partial charge in [-0.2, -0.15) is 0 Å². The van der Waals surface area contributed by atoms with Gasteiger partial charge in [-0.1, -0.05) is 13.8 Å². The van der Waals surface area contributed by atoms with Crippen molar-refractivity contribution in [2.75, 3.05) is 20.6 Å². The van der Waals surface area contributed by atoms with Crippen LogP contribution < -0.4 is 0 Å². The Balaban J connectivity index is 1.77. The number of carbonyl (C=O) groups excluding carboxylic acids is 1. The molecule has 3 fully saturated rings. The maximum atomic E-state index is 12.2. The molecular weight excluding hydrogens is 238 g/mol. The summed E-state index contributed by atoms with van der Waals surface area (Å²) in [7, 11) is 4.07. The largest absolute Gasteiger partial charge is 0.461 e. The molecule has 108 valence electrons. The molecule has 0 bridgehead atoms. The average Bonchev–Trinajstić information content (AvgIpc) is 2.98. The highest BCUT2D eigenvalue weighted by atomic mass is 16.6. The van der Waals surface area contributed by atoms with E-state index >= 15 is 0 Å². The molecule has 3 nitrogen and oxygen atoms in total. The Labute approximate surface area is 116 Å². The SMILES string of the molecule is CC1CCC2(CC2)C1C1OC(=O)C(CN(C)C)C1C. The van der Waals surface area contributed by atoms with Crippen molar-refractivity contribution in [2.45, 2.75) is 45.6 Å². The molecule has 2 aliphatic carbocycles. The first-order valence-electron chi connectivity index (χ1n) is 7.80. The van der Waals surface area contributed by atoms with E-state index in [1.807, 2.05) is 14.1 Å². The Kier molecular flexibility index (Phi) is 3.16. The summed E-state index contributed by atoms with van der Waals surface area (Å²) in [6.45, 7) is 5.41. The van der Waals surface area contributed by atoms with E-state index in [9.17, 15) is 4.79 Å². The zero-order chi connectivity index (χ0) is 13.8. The zero-order valence-corrected chi connectivity index (χ0v) is 12.7. The van der Waals surface area contributed by atoms with Crippen molar-refractivity contribution < 1.29 is 9.53 Å². The molecule has 0 N–H and O–H groups in total. The van der Waals surface area contributed by atoms with E-state index in [1.54, 1.807) is 0 Å². The van der Waals surface area contributed by atoms with Crippen LogP contribution in [0.5, 0.6) is 0 Å². The Morgan fingerprint density at radius 3 is 2.53 bits per heavy atom. The van der Waals surface area contributed by atoms with E-state index in [0.717, 1.165) is 12.5 Å².